The van der Waals surface area contributed by atoms with Gasteiger partial charge in [0, 0.05) is 0 Å². The summed E-state index contributed by atoms with van der Waals surface area (Å²) >= 11 is 0. The fourth-order valence-electron chi connectivity index (χ4n) is 1.36. The van der Waals surface area contributed by atoms with Crippen LogP contribution in [0.3, 0.4) is 0 Å². The Morgan fingerprint density at radius 3 is 1.74 bits per heavy atom. The van der Waals surface area contributed by atoms with E-state index in [4.69, 9.17) is 4.55 Å². The summed E-state index contributed by atoms with van der Waals surface area (Å²) in [5.74, 6) is -1.98. The minimum atomic E-state index is -4.78. The molecule has 9 heteroatoms. The van der Waals surface area contributed by atoms with Crippen molar-refractivity contribution in [3.8, 4) is 0 Å². The Bertz CT molecular complexity index is 569. The molecular formula is C10H12BaO7S. The molecule has 0 aliphatic rings. The minimum absolute atomic E-state index is 0. The Balaban J connectivity index is -0.00000108. The molecule has 0 saturated carbocycles. The van der Waals surface area contributed by atoms with Crippen LogP contribution in [0.25, 0.3) is 0 Å². The van der Waals surface area contributed by atoms with E-state index in [-0.39, 0.29) is 51.7 Å². The third-order valence-electron chi connectivity index (χ3n) is 2.08. The minimum Gasteiger partial charge on any atom is -1.00 e. The van der Waals surface area contributed by atoms with Crippen LogP contribution in [0.15, 0.2) is 23.1 Å². The molecular weight excluding hydrogens is 401 g/mol. The molecule has 0 heterocycles. The van der Waals surface area contributed by atoms with Crippen molar-refractivity contribution in [3.63, 3.8) is 0 Å². The molecule has 0 radical (unpaired) electrons. The average Bonchev–Trinajstić information content (AvgIpc) is 2.34. The van der Waals surface area contributed by atoms with E-state index in [1.807, 2.05) is 0 Å². The van der Waals surface area contributed by atoms with Crippen LogP contribution in [-0.2, 0) is 19.6 Å². The summed E-state index contributed by atoms with van der Waals surface area (Å²) in [5.41, 5.74) is -0.884. The third-order valence-corrected chi connectivity index (χ3v) is 3.04. The second kappa shape index (κ2) is 7.43. The van der Waals surface area contributed by atoms with E-state index >= 15 is 0 Å². The first kappa shape index (κ1) is 18.6. The summed E-state index contributed by atoms with van der Waals surface area (Å²) in [6.45, 7) is 0. The van der Waals surface area contributed by atoms with Crippen molar-refractivity contribution >= 4 is 70.9 Å². The van der Waals surface area contributed by atoms with Gasteiger partial charge in [-0.05, 0) is 12.1 Å². The van der Waals surface area contributed by atoms with E-state index in [1.54, 1.807) is 0 Å². The zero-order valence-electron chi connectivity index (χ0n) is 12.2. The topological polar surface area (TPSA) is 107 Å². The van der Waals surface area contributed by atoms with Crippen LogP contribution in [0.4, 0.5) is 0 Å². The van der Waals surface area contributed by atoms with Gasteiger partial charge >= 0.3 is 60.8 Å². The molecule has 0 fully saturated rings. The second-order valence-electron chi connectivity index (χ2n) is 3.14. The van der Waals surface area contributed by atoms with Gasteiger partial charge in [0.15, 0.2) is 0 Å². The van der Waals surface area contributed by atoms with Crippen LogP contribution in [0.2, 0.25) is 0 Å². The van der Waals surface area contributed by atoms with Gasteiger partial charge in [-0.2, -0.15) is 8.42 Å². The molecule has 0 bridgehead atoms. The van der Waals surface area contributed by atoms with Gasteiger partial charge < -0.3 is 12.3 Å². The molecule has 1 aromatic carbocycles. The molecule has 1 rings (SSSR count). The zero-order chi connectivity index (χ0) is 13.9. The summed E-state index contributed by atoms with van der Waals surface area (Å²) in [5, 5.41) is 0. The number of carbonyl (C=O) groups excluding carboxylic acids is 2. The van der Waals surface area contributed by atoms with E-state index in [0.29, 0.717) is 0 Å². The Morgan fingerprint density at radius 2 is 1.47 bits per heavy atom. The normalized spacial score (nSPS) is 10.3. The molecule has 102 valence electrons. The van der Waals surface area contributed by atoms with E-state index < -0.39 is 38.1 Å². The van der Waals surface area contributed by atoms with Gasteiger partial charge in [0.2, 0.25) is 0 Å². The van der Waals surface area contributed by atoms with Gasteiger partial charge in [-0.15, -0.1) is 0 Å². The largest absolute Gasteiger partial charge is 2.00 e. The van der Waals surface area contributed by atoms with Gasteiger partial charge in [0.25, 0.3) is 10.1 Å². The van der Waals surface area contributed by atoms with Gasteiger partial charge in [0.1, 0.15) is 4.90 Å². The number of benzene rings is 1. The quantitative estimate of drug-likeness (QED) is 0.433. The SMILES string of the molecule is COC(=O)c1cccc(C(=O)OC)c1S(=O)(=O)O.[Ba+2].[H-].[H-]. The van der Waals surface area contributed by atoms with Gasteiger partial charge in [-0.25, -0.2) is 9.59 Å². The van der Waals surface area contributed by atoms with Crippen molar-refractivity contribution in [2.45, 2.75) is 4.90 Å². The Morgan fingerprint density at radius 1 is 1.11 bits per heavy atom. The van der Waals surface area contributed by atoms with Crippen LogP contribution in [0.5, 0.6) is 0 Å². The molecule has 0 aromatic heterocycles. The van der Waals surface area contributed by atoms with Crippen molar-refractivity contribution in [1.29, 1.82) is 0 Å². The van der Waals surface area contributed by atoms with Crippen LogP contribution in [0.1, 0.15) is 23.6 Å². The van der Waals surface area contributed by atoms with Crippen molar-refractivity contribution in [1.82, 2.24) is 0 Å². The number of methoxy groups -OCH3 is 2. The van der Waals surface area contributed by atoms with E-state index in [0.717, 1.165) is 26.4 Å². The van der Waals surface area contributed by atoms with Gasteiger partial charge in [0.05, 0.1) is 25.3 Å². The predicted octanol–water partition coefficient (Wildman–Crippen LogP) is 0.351. The van der Waals surface area contributed by atoms with Gasteiger partial charge in [-0.3, -0.25) is 4.55 Å². The maximum absolute atomic E-state index is 11.4. The molecule has 0 unspecified atom stereocenters. The first-order valence-corrected chi connectivity index (χ1v) is 6.04. The first-order chi connectivity index (χ1) is 8.32. The summed E-state index contributed by atoms with van der Waals surface area (Å²) < 4.78 is 40.4. The number of rotatable bonds is 3. The summed E-state index contributed by atoms with van der Waals surface area (Å²) in [7, 11) is -2.69. The molecule has 0 amide bonds. The van der Waals surface area contributed by atoms with E-state index in [1.165, 1.54) is 6.07 Å². The fourth-order valence-corrected chi connectivity index (χ4v) is 2.21. The van der Waals surface area contributed by atoms with Crippen molar-refractivity contribution < 1.29 is 34.9 Å². The molecule has 0 aliphatic heterocycles. The number of carbonyl (C=O) groups is 2. The molecule has 1 aromatic rings. The van der Waals surface area contributed by atoms with Crippen LogP contribution >= 0.6 is 0 Å². The van der Waals surface area contributed by atoms with E-state index in [2.05, 4.69) is 9.47 Å². The van der Waals surface area contributed by atoms with E-state index in [9.17, 15) is 18.0 Å². The number of ether oxygens (including phenoxy) is 2. The zero-order valence-corrected chi connectivity index (χ0v) is 15.5. The van der Waals surface area contributed by atoms with Gasteiger partial charge in [-0.1, -0.05) is 6.07 Å². The van der Waals surface area contributed by atoms with Crippen LogP contribution < -0.4 is 0 Å². The Kier molecular flexibility index (Phi) is 7.29. The third kappa shape index (κ3) is 4.31. The predicted molar refractivity (Wildman–Crippen MR) is 66.9 cm³/mol. The maximum Gasteiger partial charge on any atom is 2.00 e. The summed E-state index contributed by atoms with van der Waals surface area (Å²) in [4.78, 5) is 22.0. The standard InChI is InChI=1S/C10H10O7S.Ba.2H/c1-16-9(11)6-4-3-5-7(10(12)17-2)8(6)18(13,14)15;;;/h3-5H,1-2H3,(H,13,14,15);;;/q;+2;2*-1. The van der Waals surface area contributed by atoms with Crippen LogP contribution in [-0.4, -0.2) is 88.0 Å². The average molecular weight is 414 g/mol. The summed E-state index contributed by atoms with van der Waals surface area (Å²) in [6.07, 6.45) is 0. The summed E-state index contributed by atoms with van der Waals surface area (Å²) in [6, 6.07) is 3.50. The molecule has 19 heavy (non-hydrogen) atoms. The monoisotopic (exact) mass is 414 g/mol. The molecule has 7 nitrogen and oxygen atoms in total. The Labute approximate surface area is 153 Å². The van der Waals surface area contributed by atoms with Crippen molar-refractivity contribution in [2.75, 3.05) is 14.2 Å². The molecule has 0 spiro atoms. The molecule has 0 saturated heterocycles. The Hall–Kier alpha value is -0.359. The van der Waals surface area contributed by atoms with Crippen LogP contribution in [0, 0.1) is 0 Å². The number of hydrogen-bond donors (Lipinski definition) is 1. The van der Waals surface area contributed by atoms with Crippen molar-refractivity contribution in [3.05, 3.63) is 29.3 Å². The number of esters is 2. The first-order valence-electron chi connectivity index (χ1n) is 4.60. The molecule has 0 atom stereocenters. The maximum atomic E-state index is 11.4. The number of hydrogen-bond acceptors (Lipinski definition) is 6. The second-order valence-corrected chi connectivity index (χ2v) is 4.50. The molecule has 0 aliphatic carbocycles. The smallest absolute Gasteiger partial charge is 1.00 e. The van der Waals surface area contributed by atoms with Crippen molar-refractivity contribution in [2.24, 2.45) is 0 Å². The fraction of sp³-hybridized carbons (Fsp3) is 0.200. The molecule has 1 N–H and O–H groups in total.